The molecule has 1 aliphatic rings. The van der Waals surface area contributed by atoms with E-state index in [0.717, 1.165) is 23.8 Å². The lowest BCUT2D eigenvalue weighted by atomic mass is 10.1. The molecule has 1 fully saturated rings. The summed E-state index contributed by atoms with van der Waals surface area (Å²) >= 11 is 0. The van der Waals surface area contributed by atoms with Crippen molar-refractivity contribution in [1.82, 2.24) is 4.90 Å². The number of oxime groups is 1. The van der Waals surface area contributed by atoms with Crippen LogP contribution in [0.2, 0.25) is 0 Å². The molecule has 0 spiro atoms. The molecule has 2 heterocycles. The Morgan fingerprint density at radius 3 is 2.62 bits per heavy atom. The molecular weight excluding hydrogens is 372 g/mol. The summed E-state index contributed by atoms with van der Waals surface area (Å²) in [5, 5.41) is 5.16. The summed E-state index contributed by atoms with van der Waals surface area (Å²) in [5.74, 6) is 0.696. The highest BCUT2D eigenvalue weighted by atomic mass is 16.6. The van der Waals surface area contributed by atoms with Crippen molar-refractivity contribution in [3.8, 4) is 0 Å². The van der Waals surface area contributed by atoms with Crippen LogP contribution in [0.5, 0.6) is 0 Å². The van der Waals surface area contributed by atoms with Gasteiger partial charge in [0.2, 0.25) is 0 Å². The second-order valence-corrected chi connectivity index (χ2v) is 8.20. The van der Waals surface area contributed by atoms with Crippen LogP contribution in [-0.2, 0) is 14.3 Å². The van der Waals surface area contributed by atoms with Crippen molar-refractivity contribution in [3.63, 3.8) is 0 Å². The van der Waals surface area contributed by atoms with Crippen LogP contribution in [0.3, 0.4) is 0 Å². The van der Waals surface area contributed by atoms with E-state index in [1.807, 2.05) is 58.0 Å². The number of fused-ring (bicyclic) bond motifs is 1. The smallest absolute Gasteiger partial charge is 0.410 e. The Balaban J connectivity index is 1.35. The maximum absolute atomic E-state index is 12.1. The molecule has 2 aromatic rings. The molecule has 1 aromatic carbocycles. The van der Waals surface area contributed by atoms with Gasteiger partial charge in [0.15, 0.2) is 5.76 Å². The first-order valence-corrected chi connectivity index (χ1v) is 10.1. The first-order valence-electron chi connectivity index (χ1n) is 10.1. The molecule has 1 saturated heterocycles. The van der Waals surface area contributed by atoms with E-state index in [0.29, 0.717) is 37.8 Å². The van der Waals surface area contributed by atoms with Crippen LogP contribution in [0.15, 0.2) is 39.9 Å². The van der Waals surface area contributed by atoms with Gasteiger partial charge in [-0.2, -0.15) is 0 Å². The fourth-order valence-corrected chi connectivity index (χ4v) is 3.13. The highest BCUT2D eigenvalue weighted by molar-refractivity contribution is 5.99. The van der Waals surface area contributed by atoms with Gasteiger partial charge in [0.1, 0.15) is 23.5 Å². The second-order valence-electron chi connectivity index (χ2n) is 8.20. The average molecular weight is 402 g/mol. The van der Waals surface area contributed by atoms with E-state index in [2.05, 4.69) is 5.16 Å². The second kappa shape index (κ2) is 9.31. The zero-order chi connectivity index (χ0) is 20.9. The number of carbonyl (C=O) groups excluding carboxylic acids is 1. The molecule has 0 saturated carbocycles. The molecule has 1 aliphatic heterocycles. The van der Waals surface area contributed by atoms with Crippen LogP contribution in [0, 0.1) is 0 Å². The molecule has 0 aliphatic carbocycles. The van der Waals surface area contributed by atoms with E-state index in [1.165, 1.54) is 0 Å². The van der Waals surface area contributed by atoms with Crippen LogP contribution in [0.25, 0.3) is 11.0 Å². The Hall–Kier alpha value is -2.54. The van der Waals surface area contributed by atoms with Gasteiger partial charge in [0, 0.05) is 18.5 Å². The SMILES string of the molecule is C/C(=N/OCCOC1CCN(C(=O)OC(C)(C)C)CC1)c1cc2ccccc2o1. The molecule has 1 amide bonds. The summed E-state index contributed by atoms with van der Waals surface area (Å²) < 4.78 is 17.0. The third-order valence-electron chi connectivity index (χ3n) is 4.61. The van der Waals surface area contributed by atoms with Gasteiger partial charge in [-0.1, -0.05) is 23.4 Å². The Labute approximate surface area is 171 Å². The van der Waals surface area contributed by atoms with Crippen LogP contribution in [-0.4, -0.2) is 54.7 Å². The number of carbonyl (C=O) groups is 1. The van der Waals surface area contributed by atoms with Gasteiger partial charge in [0.25, 0.3) is 0 Å². The van der Waals surface area contributed by atoms with Crippen LogP contribution < -0.4 is 0 Å². The summed E-state index contributed by atoms with van der Waals surface area (Å²) in [5.41, 5.74) is 1.05. The number of furan rings is 1. The fourth-order valence-electron chi connectivity index (χ4n) is 3.13. The maximum Gasteiger partial charge on any atom is 0.410 e. The van der Waals surface area contributed by atoms with Gasteiger partial charge in [0.05, 0.1) is 12.7 Å². The van der Waals surface area contributed by atoms with Gasteiger partial charge in [-0.05, 0) is 52.7 Å². The van der Waals surface area contributed by atoms with Crippen LogP contribution in [0.1, 0.15) is 46.3 Å². The van der Waals surface area contributed by atoms with Crippen molar-refractivity contribution >= 4 is 22.8 Å². The molecule has 0 atom stereocenters. The van der Waals surface area contributed by atoms with Crippen LogP contribution in [0.4, 0.5) is 4.79 Å². The van der Waals surface area contributed by atoms with E-state index < -0.39 is 5.60 Å². The minimum Gasteiger partial charge on any atom is -0.455 e. The zero-order valence-corrected chi connectivity index (χ0v) is 17.6. The Kier molecular flexibility index (Phi) is 6.79. The Morgan fingerprint density at radius 1 is 1.21 bits per heavy atom. The van der Waals surface area contributed by atoms with Gasteiger partial charge >= 0.3 is 6.09 Å². The number of ether oxygens (including phenoxy) is 2. The lowest BCUT2D eigenvalue weighted by Crippen LogP contribution is -2.43. The van der Waals surface area contributed by atoms with Crippen molar-refractivity contribution in [2.24, 2.45) is 5.16 Å². The third kappa shape index (κ3) is 6.22. The van der Waals surface area contributed by atoms with E-state index in [9.17, 15) is 4.79 Å². The predicted octanol–water partition coefficient (Wildman–Crippen LogP) is 4.59. The topological polar surface area (TPSA) is 73.5 Å². The minimum absolute atomic E-state index is 0.123. The average Bonchev–Trinajstić information content (AvgIpc) is 3.11. The molecule has 7 heteroatoms. The number of hydrogen-bond acceptors (Lipinski definition) is 6. The molecule has 0 radical (unpaired) electrons. The normalized spacial score (nSPS) is 16.3. The van der Waals surface area contributed by atoms with Crippen molar-refractivity contribution in [3.05, 3.63) is 36.1 Å². The Morgan fingerprint density at radius 2 is 1.93 bits per heavy atom. The molecular formula is C22H30N2O5. The molecule has 0 unspecified atom stereocenters. The van der Waals surface area contributed by atoms with E-state index in [-0.39, 0.29) is 12.2 Å². The number of nitrogens with zero attached hydrogens (tertiary/aromatic N) is 2. The highest BCUT2D eigenvalue weighted by Gasteiger charge is 2.27. The van der Waals surface area contributed by atoms with Crippen molar-refractivity contribution in [2.45, 2.75) is 52.2 Å². The highest BCUT2D eigenvalue weighted by Crippen LogP contribution is 2.20. The number of rotatable bonds is 6. The van der Waals surface area contributed by atoms with Gasteiger partial charge < -0.3 is 23.6 Å². The van der Waals surface area contributed by atoms with Gasteiger partial charge in [-0.3, -0.25) is 0 Å². The summed E-state index contributed by atoms with van der Waals surface area (Å²) in [6.45, 7) is 9.58. The summed E-state index contributed by atoms with van der Waals surface area (Å²) in [6, 6.07) is 9.79. The number of hydrogen-bond donors (Lipinski definition) is 0. The van der Waals surface area contributed by atoms with Crippen molar-refractivity contribution in [2.75, 3.05) is 26.3 Å². The molecule has 3 rings (SSSR count). The van der Waals surface area contributed by atoms with E-state index in [1.54, 1.807) is 4.90 Å². The first-order chi connectivity index (χ1) is 13.8. The third-order valence-corrected chi connectivity index (χ3v) is 4.61. The summed E-state index contributed by atoms with van der Waals surface area (Å²) in [6.07, 6.45) is 1.45. The van der Waals surface area contributed by atoms with E-state index >= 15 is 0 Å². The molecule has 0 N–H and O–H groups in total. The first kappa shape index (κ1) is 21.2. The molecule has 29 heavy (non-hydrogen) atoms. The van der Waals surface area contributed by atoms with E-state index in [4.69, 9.17) is 18.7 Å². The number of para-hydroxylation sites is 1. The maximum atomic E-state index is 12.1. The largest absolute Gasteiger partial charge is 0.455 e. The number of amides is 1. The number of benzene rings is 1. The van der Waals surface area contributed by atoms with Crippen molar-refractivity contribution < 1.29 is 23.5 Å². The van der Waals surface area contributed by atoms with Crippen LogP contribution >= 0.6 is 0 Å². The van der Waals surface area contributed by atoms with Gasteiger partial charge in [-0.25, -0.2) is 4.79 Å². The summed E-state index contributed by atoms with van der Waals surface area (Å²) in [4.78, 5) is 19.2. The molecule has 1 aromatic heterocycles. The fraction of sp³-hybridized carbons (Fsp3) is 0.545. The lowest BCUT2D eigenvalue weighted by Gasteiger charge is -2.33. The lowest BCUT2D eigenvalue weighted by molar-refractivity contribution is -0.0288. The zero-order valence-electron chi connectivity index (χ0n) is 17.6. The molecule has 7 nitrogen and oxygen atoms in total. The Bertz CT molecular complexity index is 811. The monoisotopic (exact) mass is 402 g/mol. The number of likely N-dealkylation sites (tertiary alicyclic amines) is 1. The predicted molar refractivity (Wildman–Crippen MR) is 111 cm³/mol. The van der Waals surface area contributed by atoms with Gasteiger partial charge in [-0.15, -0.1) is 0 Å². The standard InChI is InChI=1S/C22H30N2O5/c1-16(20-15-17-7-5-6-8-19(17)28-20)23-27-14-13-26-18-9-11-24(12-10-18)21(25)29-22(2,3)4/h5-8,15,18H,9-14H2,1-4H3/b23-16-. The molecule has 158 valence electrons. The summed E-state index contributed by atoms with van der Waals surface area (Å²) in [7, 11) is 0. The quantitative estimate of drug-likeness (QED) is 0.401. The minimum atomic E-state index is -0.469. The van der Waals surface area contributed by atoms with Crippen molar-refractivity contribution in [1.29, 1.82) is 0 Å². The number of piperidine rings is 1. The molecule has 0 bridgehead atoms.